The van der Waals surface area contributed by atoms with Crippen molar-refractivity contribution >= 4 is 34.6 Å². The number of carbonyl (C=O) groups is 1. The van der Waals surface area contributed by atoms with Gasteiger partial charge in [-0.15, -0.1) is 11.8 Å². The van der Waals surface area contributed by atoms with Crippen LogP contribution in [-0.4, -0.2) is 35.3 Å². The Morgan fingerprint density at radius 2 is 2.15 bits per heavy atom. The fourth-order valence-electron chi connectivity index (χ4n) is 1.73. The number of carbonyl (C=O) groups excluding carboxylic acids is 1. The van der Waals surface area contributed by atoms with Gasteiger partial charge in [0.15, 0.2) is 0 Å². The van der Waals surface area contributed by atoms with Gasteiger partial charge in [0.25, 0.3) is 0 Å². The molecule has 2 aromatic rings. The highest BCUT2D eigenvalue weighted by Gasteiger charge is 2.09. The van der Waals surface area contributed by atoms with E-state index in [1.54, 1.807) is 11.8 Å². The highest BCUT2D eigenvalue weighted by molar-refractivity contribution is 7.99. The molecule has 0 aliphatic rings. The molecule has 0 aliphatic carbocycles. The van der Waals surface area contributed by atoms with Crippen molar-refractivity contribution in [3.63, 3.8) is 0 Å². The number of ether oxygens (including phenoxy) is 1. The van der Waals surface area contributed by atoms with Gasteiger partial charge in [0.2, 0.25) is 5.95 Å². The Morgan fingerprint density at radius 1 is 1.35 bits per heavy atom. The number of methoxy groups -OCH3 is 1. The molecule has 0 fully saturated rings. The Balaban J connectivity index is 2.22. The molecule has 6 heteroatoms. The van der Waals surface area contributed by atoms with E-state index in [0.29, 0.717) is 18.1 Å². The van der Waals surface area contributed by atoms with Crippen LogP contribution in [-0.2, 0) is 9.53 Å². The first-order chi connectivity index (χ1) is 9.74. The van der Waals surface area contributed by atoms with Crippen molar-refractivity contribution in [1.82, 2.24) is 9.97 Å². The van der Waals surface area contributed by atoms with Gasteiger partial charge in [-0.05, 0) is 13.0 Å². The normalized spacial score (nSPS) is 10.5. The summed E-state index contributed by atoms with van der Waals surface area (Å²) >= 11 is 1.54. The second kappa shape index (κ2) is 7.09. The third-order valence-corrected chi connectivity index (χ3v) is 3.67. The average Bonchev–Trinajstić information content (AvgIpc) is 2.47. The van der Waals surface area contributed by atoms with Crippen molar-refractivity contribution in [2.75, 3.05) is 24.7 Å². The number of esters is 1. The van der Waals surface area contributed by atoms with Crippen LogP contribution < -0.4 is 5.32 Å². The second-order valence-electron chi connectivity index (χ2n) is 4.07. The molecule has 0 atom stereocenters. The molecule has 1 N–H and O–H groups in total. The minimum Gasteiger partial charge on any atom is -0.469 e. The van der Waals surface area contributed by atoms with E-state index < -0.39 is 0 Å². The fraction of sp³-hybridized carbons (Fsp3) is 0.357. The van der Waals surface area contributed by atoms with Crippen LogP contribution in [0.2, 0.25) is 0 Å². The molecule has 0 unspecified atom stereocenters. The van der Waals surface area contributed by atoms with E-state index >= 15 is 0 Å². The number of hydrogen-bond donors (Lipinski definition) is 1. The summed E-state index contributed by atoms with van der Waals surface area (Å²) in [5.74, 6) is 1.05. The lowest BCUT2D eigenvalue weighted by Gasteiger charge is -2.08. The van der Waals surface area contributed by atoms with Gasteiger partial charge < -0.3 is 10.1 Å². The van der Waals surface area contributed by atoms with Crippen LogP contribution in [0.5, 0.6) is 0 Å². The topological polar surface area (TPSA) is 64.1 Å². The van der Waals surface area contributed by atoms with Crippen molar-refractivity contribution in [2.45, 2.75) is 18.4 Å². The van der Waals surface area contributed by atoms with E-state index in [-0.39, 0.29) is 5.97 Å². The summed E-state index contributed by atoms with van der Waals surface area (Å²) in [6.45, 7) is 2.77. The quantitative estimate of drug-likeness (QED) is 0.501. The number of nitrogens with one attached hydrogen (secondary N) is 1. The van der Waals surface area contributed by atoms with Crippen LogP contribution in [0.15, 0.2) is 29.3 Å². The van der Waals surface area contributed by atoms with Gasteiger partial charge in [0.1, 0.15) is 5.03 Å². The third kappa shape index (κ3) is 3.60. The third-order valence-electron chi connectivity index (χ3n) is 2.68. The molecule has 0 amide bonds. The summed E-state index contributed by atoms with van der Waals surface area (Å²) in [7, 11) is 1.40. The van der Waals surface area contributed by atoms with Gasteiger partial charge in [-0.3, -0.25) is 4.79 Å². The molecule has 0 spiro atoms. The van der Waals surface area contributed by atoms with Gasteiger partial charge >= 0.3 is 5.97 Å². The van der Waals surface area contributed by atoms with Gasteiger partial charge in [-0.1, -0.05) is 18.2 Å². The van der Waals surface area contributed by atoms with E-state index in [9.17, 15) is 4.79 Å². The first kappa shape index (κ1) is 14.6. The molecule has 0 saturated carbocycles. The monoisotopic (exact) mass is 291 g/mol. The number of para-hydroxylation sites is 1. The first-order valence-corrected chi connectivity index (χ1v) is 7.43. The van der Waals surface area contributed by atoms with Crippen molar-refractivity contribution in [3.05, 3.63) is 24.3 Å². The predicted molar refractivity (Wildman–Crippen MR) is 81.1 cm³/mol. The summed E-state index contributed by atoms with van der Waals surface area (Å²) in [5.41, 5.74) is 0.902. The molecule has 2 rings (SSSR count). The fourth-order valence-corrected chi connectivity index (χ4v) is 2.67. The number of rotatable bonds is 6. The van der Waals surface area contributed by atoms with E-state index in [0.717, 1.165) is 22.5 Å². The number of thioether (sulfide) groups is 1. The summed E-state index contributed by atoms with van der Waals surface area (Å²) < 4.78 is 4.64. The number of hydrogen-bond acceptors (Lipinski definition) is 6. The number of fused-ring (bicyclic) bond motifs is 1. The Labute approximate surface area is 122 Å². The van der Waals surface area contributed by atoms with Gasteiger partial charge in [-0.2, -0.15) is 0 Å². The zero-order chi connectivity index (χ0) is 14.4. The molecule has 20 heavy (non-hydrogen) atoms. The molecule has 0 bridgehead atoms. The molecule has 1 aromatic carbocycles. The maximum absolute atomic E-state index is 11.2. The SMILES string of the molecule is CCNc1nc(SCCC(=O)OC)c2ccccc2n1. The summed E-state index contributed by atoms with van der Waals surface area (Å²) in [6, 6.07) is 7.87. The van der Waals surface area contributed by atoms with E-state index in [1.807, 2.05) is 31.2 Å². The highest BCUT2D eigenvalue weighted by Crippen LogP contribution is 2.26. The molecule has 0 aliphatic heterocycles. The van der Waals surface area contributed by atoms with Crippen molar-refractivity contribution in [2.24, 2.45) is 0 Å². The van der Waals surface area contributed by atoms with Gasteiger partial charge in [0, 0.05) is 17.7 Å². The second-order valence-corrected chi connectivity index (χ2v) is 5.16. The van der Waals surface area contributed by atoms with Crippen molar-refractivity contribution in [1.29, 1.82) is 0 Å². The largest absolute Gasteiger partial charge is 0.469 e. The first-order valence-electron chi connectivity index (χ1n) is 6.45. The van der Waals surface area contributed by atoms with Gasteiger partial charge in [-0.25, -0.2) is 9.97 Å². The average molecular weight is 291 g/mol. The number of anilines is 1. The van der Waals surface area contributed by atoms with Gasteiger partial charge in [0.05, 0.1) is 19.0 Å². The standard InChI is InChI=1S/C14H17N3O2S/c1-3-15-14-16-11-7-5-4-6-10(11)13(17-14)20-9-8-12(18)19-2/h4-7H,3,8-9H2,1-2H3,(H,15,16,17). The molecule has 0 radical (unpaired) electrons. The maximum atomic E-state index is 11.2. The maximum Gasteiger partial charge on any atom is 0.306 e. The Bertz CT molecular complexity index is 604. The predicted octanol–water partition coefficient (Wildman–Crippen LogP) is 2.72. The molecule has 0 saturated heterocycles. The van der Waals surface area contributed by atoms with Crippen molar-refractivity contribution < 1.29 is 9.53 Å². The minimum atomic E-state index is -0.206. The van der Waals surface area contributed by atoms with E-state index in [4.69, 9.17) is 0 Å². The lowest BCUT2D eigenvalue weighted by Crippen LogP contribution is -2.04. The van der Waals surface area contributed by atoms with Crippen LogP contribution in [0.25, 0.3) is 10.9 Å². The highest BCUT2D eigenvalue weighted by atomic mass is 32.2. The van der Waals surface area contributed by atoms with Crippen LogP contribution >= 0.6 is 11.8 Å². The number of aromatic nitrogens is 2. The van der Waals surface area contributed by atoms with E-state index in [1.165, 1.54) is 7.11 Å². The molecule has 106 valence electrons. The summed E-state index contributed by atoms with van der Waals surface area (Å²) in [5, 5.41) is 5.01. The zero-order valence-electron chi connectivity index (χ0n) is 11.5. The Kier molecular flexibility index (Phi) is 5.17. The lowest BCUT2D eigenvalue weighted by atomic mass is 10.2. The van der Waals surface area contributed by atoms with Crippen LogP contribution in [0.3, 0.4) is 0 Å². The summed E-state index contributed by atoms with van der Waals surface area (Å²) in [4.78, 5) is 20.1. The smallest absolute Gasteiger partial charge is 0.306 e. The molecular formula is C14H17N3O2S. The van der Waals surface area contributed by atoms with Crippen molar-refractivity contribution in [3.8, 4) is 0 Å². The lowest BCUT2D eigenvalue weighted by molar-refractivity contribution is -0.140. The minimum absolute atomic E-state index is 0.206. The zero-order valence-corrected chi connectivity index (χ0v) is 12.4. The number of benzene rings is 1. The van der Waals surface area contributed by atoms with Crippen LogP contribution in [0.1, 0.15) is 13.3 Å². The molecule has 1 heterocycles. The summed E-state index contributed by atoms with van der Waals surface area (Å²) in [6.07, 6.45) is 0.371. The molecule has 1 aromatic heterocycles. The van der Waals surface area contributed by atoms with Crippen LogP contribution in [0, 0.1) is 0 Å². The van der Waals surface area contributed by atoms with Crippen LogP contribution in [0.4, 0.5) is 5.95 Å². The molecular weight excluding hydrogens is 274 g/mol. The molecule has 5 nitrogen and oxygen atoms in total. The Morgan fingerprint density at radius 3 is 2.90 bits per heavy atom. The van der Waals surface area contributed by atoms with E-state index in [2.05, 4.69) is 20.0 Å². The Hall–Kier alpha value is -1.82. The number of nitrogens with zero attached hydrogens (tertiary/aromatic N) is 2.